The maximum Gasteiger partial charge on any atom is 0.284 e. The van der Waals surface area contributed by atoms with E-state index in [0.29, 0.717) is 12.1 Å². The molecule has 1 aromatic carbocycles. The van der Waals surface area contributed by atoms with Gasteiger partial charge < -0.3 is 9.05 Å². The van der Waals surface area contributed by atoms with Gasteiger partial charge in [-0.1, -0.05) is 25.1 Å². The minimum atomic E-state index is -1.51. The molecule has 0 heterocycles. The third-order valence-electron chi connectivity index (χ3n) is 3.34. The Morgan fingerprint density at radius 3 is 2.30 bits per heavy atom. The first kappa shape index (κ1) is 23.4. The predicted molar refractivity (Wildman–Crippen MR) is 104 cm³/mol. The standard InChI is InChI=1S/C18H28N3O5P/c1-14(2)25-27(26-15(3)4)20(12-8-11-19)24-13-16(5)17-9-6-7-10-18(17)21(22)23/h6-7,9-10,14-16H,8,12-13H2,1-5H3. The first-order valence-corrected chi connectivity index (χ1v) is 10.0. The fraction of sp³-hybridized carbons (Fsp3) is 0.611. The summed E-state index contributed by atoms with van der Waals surface area (Å²) < 4.78 is 11.7. The third-order valence-corrected chi connectivity index (χ3v) is 5.22. The molecule has 0 aliphatic rings. The number of hydrogen-bond acceptors (Lipinski definition) is 7. The summed E-state index contributed by atoms with van der Waals surface area (Å²) in [4.78, 5) is 18.3. The van der Waals surface area contributed by atoms with E-state index in [1.54, 1.807) is 23.0 Å². The van der Waals surface area contributed by atoms with Gasteiger partial charge in [-0.05, 0) is 27.7 Å². The van der Waals surface area contributed by atoms with Crippen LogP contribution in [0.25, 0.3) is 0 Å². The summed E-state index contributed by atoms with van der Waals surface area (Å²) in [5, 5.41) is 20.2. The second-order valence-electron chi connectivity index (χ2n) is 6.54. The fourth-order valence-corrected chi connectivity index (χ4v) is 3.59. The first-order valence-electron chi connectivity index (χ1n) is 8.90. The van der Waals surface area contributed by atoms with E-state index in [1.807, 2.05) is 34.6 Å². The molecule has 1 rings (SSSR count). The second kappa shape index (κ2) is 12.0. The minimum absolute atomic E-state index is 0.0660. The van der Waals surface area contributed by atoms with Gasteiger partial charge in [0.15, 0.2) is 0 Å². The number of hydrogen-bond donors (Lipinski definition) is 0. The molecule has 0 saturated carbocycles. The number of nitro benzene ring substituents is 1. The Morgan fingerprint density at radius 2 is 1.78 bits per heavy atom. The number of nitrogens with zero attached hydrogens (tertiary/aromatic N) is 3. The van der Waals surface area contributed by atoms with Gasteiger partial charge in [-0.25, -0.2) is 0 Å². The number of para-hydroxylation sites is 1. The van der Waals surface area contributed by atoms with Crippen LogP contribution in [-0.2, 0) is 13.9 Å². The van der Waals surface area contributed by atoms with E-state index in [2.05, 4.69) is 6.07 Å². The van der Waals surface area contributed by atoms with Crippen LogP contribution < -0.4 is 0 Å². The first-order chi connectivity index (χ1) is 12.8. The molecule has 27 heavy (non-hydrogen) atoms. The Morgan fingerprint density at radius 1 is 1.19 bits per heavy atom. The molecule has 9 heteroatoms. The van der Waals surface area contributed by atoms with Crippen molar-refractivity contribution in [2.45, 2.75) is 59.2 Å². The highest BCUT2D eigenvalue weighted by atomic mass is 31.2. The van der Waals surface area contributed by atoms with E-state index in [0.717, 1.165) is 0 Å². The number of hydroxylamine groups is 1. The van der Waals surface area contributed by atoms with Crippen molar-refractivity contribution in [3.05, 3.63) is 39.9 Å². The lowest BCUT2D eigenvalue weighted by atomic mass is 10.0. The van der Waals surface area contributed by atoms with Crippen LogP contribution in [0.3, 0.4) is 0 Å². The van der Waals surface area contributed by atoms with Crippen LogP contribution in [0.4, 0.5) is 5.69 Å². The summed E-state index contributed by atoms with van der Waals surface area (Å²) in [6.45, 7) is 9.99. The third kappa shape index (κ3) is 8.29. The van der Waals surface area contributed by atoms with Crippen molar-refractivity contribution >= 4 is 14.2 Å². The number of rotatable bonds is 12. The zero-order chi connectivity index (χ0) is 20.4. The molecular formula is C18H28N3O5P. The quantitative estimate of drug-likeness (QED) is 0.280. The van der Waals surface area contributed by atoms with Crippen molar-refractivity contribution in [1.82, 2.24) is 4.83 Å². The molecule has 0 spiro atoms. The molecule has 0 bridgehead atoms. The van der Waals surface area contributed by atoms with Crippen LogP contribution in [0.2, 0.25) is 0 Å². The number of benzene rings is 1. The van der Waals surface area contributed by atoms with Crippen LogP contribution in [0.5, 0.6) is 0 Å². The van der Waals surface area contributed by atoms with Gasteiger partial charge in [0.05, 0.1) is 36.2 Å². The molecule has 0 aliphatic heterocycles. The van der Waals surface area contributed by atoms with Crippen molar-refractivity contribution in [3.63, 3.8) is 0 Å². The Balaban J connectivity index is 2.89. The molecule has 0 N–H and O–H groups in total. The van der Waals surface area contributed by atoms with Gasteiger partial charge in [-0.15, -0.1) is 4.83 Å². The lowest BCUT2D eigenvalue weighted by Crippen LogP contribution is -2.26. The SMILES string of the molecule is CC(C)OP(OC(C)C)N(CCC#N)OCC(C)c1ccccc1[N+](=O)[O-]. The number of nitro groups is 1. The molecule has 1 unspecified atom stereocenters. The molecule has 1 aromatic rings. The average molecular weight is 397 g/mol. The van der Waals surface area contributed by atoms with Crippen molar-refractivity contribution in [1.29, 1.82) is 5.26 Å². The highest BCUT2D eigenvalue weighted by Crippen LogP contribution is 2.46. The van der Waals surface area contributed by atoms with Gasteiger partial charge >= 0.3 is 0 Å². The normalized spacial score (nSPS) is 12.7. The Kier molecular flexibility index (Phi) is 10.4. The average Bonchev–Trinajstić information content (AvgIpc) is 2.60. The smallest absolute Gasteiger partial charge is 0.284 e. The van der Waals surface area contributed by atoms with Gasteiger partial charge in [-0.2, -0.15) is 5.26 Å². The van der Waals surface area contributed by atoms with Crippen molar-refractivity contribution in [2.24, 2.45) is 0 Å². The Bertz CT molecular complexity index is 626. The molecule has 8 nitrogen and oxygen atoms in total. The molecule has 0 saturated heterocycles. The highest BCUT2D eigenvalue weighted by Gasteiger charge is 2.27. The molecular weight excluding hydrogens is 369 g/mol. The monoisotopic (exact) mass is 397 g/mol. The summed E-state index contributed by atoms with van der Waals surface area (Å²) in [5.41, 5.74) is 0.665. The molecule has 0 aromatic heterocycles. The summed E-state index contributed by atoms with van der Waals surface area (Å²) in [6, 6.07) is 8.71. The van der Waals surface area contributed by atoms with E-state index in [1.165, 1.54) is 6.07 Å². The fourth-order valence-electron chi connectivity index (χ4n) is 2.19. The maximum absolute atomic E-state index is 11.2. The molecule has 1 atom stereocenters. The lowest BCUT2D eigenvalue weighted by Gasteiger charge is -2.31. The second-order valence-corrected chi connectivity index (χ2v) is 7.89. The van der Waals surface area contributed by atoms with E-state index in [-0.39, 0.29) is 36.8 Å². The molecule has 0 fully saturated rings. The topological polar surface area (TPSA) is 97.9 Å². The lowest BCUT2D eigenvalue weighted by molar-refractivity contribution is -0.385. The zero-order valence-electron chi connectivity index (χ0n) is 16.5. The Hall–Kier alpha value is -1.62. The van der Waals surface area contributed by atoms with Crippen molar-refractivity contribution in [2.75, 3.05) is 13.2 Å². The van der Waals surface area contributed by atoms with Crippen LogP contribution >= 0.6 is 8.53 Å². The van der Waals surface area contributed by atoms with Crippen LogP contribution in [0, 0.1) is 21.4 Å². The largest absolute Gasteiger partial charge is 0.318 e. The minimum Gasteiger partial charge on any atom is -0.318 e. The molecule has 0 radical (unpaired) electrons. The van der Waals surface area contributed by atoms with Crippen LogP contribution in [0.1, 0.15) is 52.5 Å². The predicted octanol–water partition coefficient (Wildman–Crippen LogP) is 4.92. The number of nitriles is 1. The van der Waals surface area contributed by atoms with Gasteiger partial charge in [0.2, 0.25) is 0 Å². The summed E-state index contributed by atoms with van der Waals surface area (Å²) in [5.74, 6) is -0.217. The molecule has 150 valence electrons. The molecule has 0 aliphatic carbocycles. The van der Waals surface area contributed by atoms with Gasteiger partial charge in [0.25, 0.3) is 14.2 Å². The van der Waals surface area contributed by atoms with E-state index >= 15 is 0 Å². The highest BCUT2D eigenvalue weighted by molar-refractivity contribution is 7.44. The zero-order valence-corrected chi connectivity index (χ0v) is 17.4. The van der Waals surface area contributed by atoms with Crippen molar-refractivity contribution < 1.29 is 18.8 Å². The maximum atomic E-state index is 11.2. The Labute approximate surface area is 162 Å². The van der Waals surface area contributed by atoms with Gasteiger partial charge in [-0.3, -0.25) is 15.0 Å². The summed E-state index contributed by atoms with van der Waals surface area (Å²) >= 11 is 0. The van der Waals surface area contributed by atoms with E-state index in [4.69, 9.17) is 19.1 Å². The van der Waals surface area contributed by atoms with Crippen molar-refractivity contribution in [3.8, 4) is 6.07 Å². The molecule has 0 amide bonds. The van der Waals surface area contributed by atoms with Crippen LogP contribution in [0.15, 0.2) is 24.3 Å². The van der Waals surface area contributed by atoms with E-state index < -0.39 is 13.4 Å². The van der Waals surface area contributed by atoms with Crippen LogP contribution in [-0.4, -0.2) is 35.1 Å². The van der Waals surface area contributed by atoms with Gasteiger partial charge in [0, 0.05) is 24.1 Å². The summed E-state index contributed by atoms with van der Waals surface area (Å²) in [6.07, 6.45) is 0.105. The van der Waals surface area contributed by atoms with E-state index in [9.17, 15) is 10.1 Å². The van der Waals surface area contributed by atoms with Gasteiger partial charge in [0.1, 0.15) is 0 Å². The summed E-state index contributed by atoms with van der Waals surface area (Å²) in [7, 11) is -1.51.